The van der Waals surface area contributed by atoms with Gasteiger partial charge in [0, 0.05) is 11.1 Å². The topological polar surface area (TPSA) is 53.7 Å². The van der Waals surface area contributed by atoms with Crippen molar-refractivity contribution in [2.45, 2.75) is 0 Å². The lowest BCUT2D eigenvalue weighted by molar-refractivity contribution is 0.218. The van der Waals surface area contributed by atoms with Crippen molar-refractivity contribution in [2.24, 2.45) is 0 Å². The van der Waals surface area contributed by atoms with Crippen LogP contribution >= 0.6 is 11.6 Å². The molecule has 5 heteroatoms. The highest BCUT2D eigenvalue weighted by atomic mass is 35.5. The molecule has 0 unspecified atom stereocenters. The summed E-state index contributed by atoms with van der Waals surface area (Å²) in [6, 6.07) is 12.5. The number of rotatable bonds is 6. The third-order valence-corrected chi connectivity index (χ3v) is 2.86. The number of nitrogens with two attached hydrogens (primary N) is 1. The molecule has 0 heterocycles. The largest absolute Gasteiger partial charge is 0.497 e. The Morgan fingerprint density at radius 3 is 2.50 bits per heavy atom. The summed E-state index contributed by atoms with van der Waals surface area (Å²) in [4.78, 5) is 0. The summed E-state index contributed by atoms with van der Waals surface area (Å²) in [6.45, 7) is 0.800. The second kappa shape index (κ2) is 6.91. The van der Waals surface area contributed by atoms with Gasteiger partial charge >= 0.3 is 0 Å². The summed E-state index contributed by atoms with van der Waals surface area (Å²) in [5.74, 6) is 2.02. The molecular formula is C15H16ClNO3. The highest BCUT2D eigenvalue weighted by Gasteiger charge is 2.02. The predicted octanol–water partition coefficient (Wildman–Crippen LogP) is 3.39. The van der Waals surface area contributed by atoms with E-state index >= 15 is 0 Å². The fourth-order valence-electron chi connectivity index (χ4n) is 1.65. The third-order valence-electron chi connectivity index (χ3n) is 2.62. The Hall–Kier alpha value is -2.07. The first kappa shape index (κ1) is 14.3. The van der Waals surface area contributed by atoms with Crippen LogP contribution in [0.2, 0.25) is 5.02 Å². The van der Waals surface area contributed by atoms with E-state index in [1.165, 1.54) is 0 Å². The summed E-state index contributed by atoms with van der Waals surface area (Å²) >= 11 is 5.86. The molecule has 0 aliphatic heterocycles. The van der Waals surface area contributed by atoms with Crippen molar-refractivity contribution >= 4 is 17.3 Å². The van der Waals surface area contributed by atoms with E-state index < -0.39 is 0 Å². The predicted molar refractivity (Wildman–Crippen MR) is 79.8 cm³/mol. The lowest BCUT2D eigenvalue weighted by atomic mass is 10.3. The minimum Gasteiger partial charge on any atom is -0.497 e. The van der Waals surface area contributed by atoms with Crippen molar-refractivity contribution in [3.05, 3.63) is 47.5 Å². The molecule has 0 aromatic heterocycles. The van der Waals surface area contributed by atoms with Gasteiger partial charge in [0.25, 0.3) is 0 Å². The van der Waals surface area contributed by atoms with Gasteiger partial charge in [0.15, 0.2) is 0 Å². The van der Waals surface area contributed by atoms with E-state index in [-0.39, 0.29) is 0 Å². The van der Waals surface area contributed by atoms with E-state index in [1.807, 2.05) is 12.1 Å². The maximum absolute atomic E-state index is 5.86. The molecule has 106 valence electrons. The summed E-state index contributed by atoms with van der Waals surface area (Å²) in [5.41, 5.74) is 6.38. The lowest BCUT2D eigenvalue weighted by Gasteiger charge is -2.11. The number of ether oxygens (including phenoxy) is 3. The fraction of sp³-hybridized carbons (Fsp3) is 0.200. The van der Waals surface area contributed by atoms with Crippen LogP contribution in [0.1, 0.15) is 0 Å². The standard InChI is InChI=1S/C15H16ClNO3/c1-18-12-5-6-15(14(17)10-12)20-8-7-19-13-4-2-3-11(16)9-13/h2-6,9-10H,7-8,17H2,1H3. The molecule has 0 saturated heterocycles. The SMILES string of the molecule is COc1ccc(OCCOc2cccc(Cl)c2)c(N)c1. The highest BCUT2D eigenvalue weighted by molar-refractivity contribution is 6.30. The van der Waals surface area contributed by atoms with Crippen molar-refractivity contribution in [3.63, 3.8) is 0 Å². The van der Waals surface area contributed by atoms with E-state index in [2.05, 4.69) is 0 Å². The molecule has 0 atom stereocenters. The van der Waals surface area contributed by atoms with Crippen LogP contribution in [0.4, 0.5) is 5.69 Å². The zero-order valence-corrected chi connectivity index (χ0v) is 11.9. The maximum atomic E-state index is 5.86. The van der Waals surface area contributed by atoms with Crippen LogP contribution in [0.3, 0.4) is 0 Å². The minimum absolute atomic E-state index is 0.392. The molecule has 0 aliphatic rings. The van der Waals surface area contributed by atoms with E-state index in [0.717, 1.165) is 0 Å². The number of anilines is 1. The molecule has 0 fully saturated rings. The van der Waals surface area contributed by atoms with Gasteiger partial charge in [-0.25, -0.2) is 0 Å². The summed E-state index contributed by atoms with van der Waals surface area (Å²) in [5, 5.41) is 0.641. The Kier molecular flexibility index (Phi) is 4.96. The number of hydrogen-bond donors (Lipinski definition) is 1. The van der Waals surface area contributed by atoms with Crippen molar-refractivity contribution in [2.75, 3.05) is 26.1 Å². The quantitative estimate of drug-likeness (QED) is 0.655. The number of nitrogen functional groups attached to an aromatic ring is 1. The monoisotopic (exact) mass is 293 g/mol. The zero-order chi connectivity index (χ0) is 14.4. The van der Waals surface area contributed by atoms with Crippen LogP contribution in [0.25, 0.3) is 0 Å². The van der Waals surface area contributed by atoms with E-state index in [9.17, 15) is 0 Å². The minimum atomic E-state index is 0.392. The Morgan fingerprint density at radius 2 is 1.80 bits per heavy atom. The molecule has 0 radical (unpaired) electrons. The molecule has 0 bridgehead atoms. The molecule has 20 heavy (non-hydrogen) atoms. The Morgan fingerprint density at radius 1 is 1.00 bits per heavy atom. The Balaban J connectivity index is 1.81. The summed E-state index contributed by atoms with van der Waals surface area (Å²) in [6.07, 6.45) is 0. The second-order valence-electron chi connectivity index (χ2n) is 4.06. The van der Waals surface area contributed by atoms with Crippen LogP contribution in [-0.4, -0.2) is 20.3 Å². The molecule has 4 nitrogen and oxygen atoms in total. The molecule has 0 aliphatic carbocycles. The molecular weight excluding hydrogens is 278 g/mol. The van der Waals surface area contributed by atoms with Gasteiger partial charge < -0.3 is 19.9 Å². The number of hydrogen-bond acceptors (Lipinski definition) is 4. The molecule has 0 saturated carbocycles. The average Bonchev–Trinajstić information content (AvgIpc) is 2.45. The smallest absolute Gasteiger partial charge is 0.142 e. The van der Waals surface area contributed by atoms with Gasteiger partial charge in [-0.05, 0) is 30.3 Å². The summed E-state index contributed by atoms with van der Waals surface area (Å²) < 4.78 is 16.1. The van der Waals surface area contributed by atoms with Crippen molar-refractivity contribution in [1.82, 2.24) is 0 Å². The number of benzene rings is 2. The van der Waals surface area contributed by atoms with Crippen molar-refractivity contribution in [1.29, 1.82) is 0 Å². The summed E-state index contributed by atoms with van der Waals surface area (Å²) in [7, 11) is 1.59. The second-order valence-corrected chi connectivity index (χ2v) is 4.49. The van der Waals surface area contributed by atoms with Crippen LogP contribution in [0, 0.1) is 0 Å². The first-order valence-corrected chi connectivity index (χ1v) is 6.51. The Bertz CT molecular complexity index is 575. The highest BCUT2D eigenvalue weighted by Crippen LogP contribution is 2.26. The molecule has 2 aromatic rings. The third kappa shape index (κ3) is 3.96. The number of halogens is 1. The zero-order valence-electron chi connectivity index (χ0n) is 11.1. The maximum Gasteiger partial charge on any atom is 0.142 e. The Labute approximate surface area is 123 Å². The van der Waals surface area contributed by atoms with Gasteiger partial charge in [0.05, 0.1) is 12.8 Å². The van der Waals surface area contributed by atoms with Gasteiger partial charge in [-0.15, -0.1) is 0 Å². The van der Waals surface area contributed by atoms with E-state index in [4.69, 9.17) is 31.5 Å². The van der Waals surface area contributed by atoms with Gasteiger partial charge in [0.2, 0.25) is 0 Å². The molecule has 2 rings (SSSR count). The van der Waals surface area contributed by atoms with Crippen LogP contribution in [0.15, 0.2) is 42.5 Å². The fourth-order valence-corrected chi connectivity index (χ4v) is 1.83. The van der Waals surface area contributed by atoms with E-state index in [1.54, 1.807) is 37.4 Å². The van der Waals surface area contributed by atoms with Crippen LogP contribution in [-0.2, 0) is 0 Å². The van der Waals surface area contributed by atoms with Gasteiger partial charge in [0.1, 0.15) is 30.5 Å². The van der Waals surface area contributed by atoms with Gasteiger partial charge in [-0.2, -0.15) is 0 Å². The van der Waals surface area contributed by atoms with E-state index in [0.29, 0.717) is 41.2 Å². The molecule has 2 N–H and O–H groups in total. The van der Waals surface area contributed by atoms with Crippen LogP contribution in [0.5, 0.6) is 17.2 Å². The molecule has 0 spiro atoms. The van der Waals surface area contributed by atoms with Gasteiger partial charge in [-0.1, -0.05) is 17.7 Å². The normalized spacial score (nSPS) is 10.1. The average molecular weight is 294 g/mol. The van der Waals surface area contributed by atoms with Gasteiger partial charge in [-0.3, -0.25) is 0 Å². The van der Waals surface area contributed by atoms with Crippen LogP contribution < -0.4 is 19.9 Å². The van der Waals surface area contributed by atoms with Crippen molar-refractivity contribution < 1.29 is 14.2 Å². The molecule has 0 amide bonds. The number of methoxy groups -OCH3 is 1. The molecule has 2 aromatic carbocycles. The first-order valence-electron chi connectivity index (χ1n) is 6.14. The lowest BCUT2D eigenvalue weighted by Crippen LogP contribution is -2.10. The first-order chi connectivity index (χ1) is 9.69. The van der Waals surface area contributed by atoms with Crippen molar-refractivity contribution in [3.8, 4) is 17.2 Å².